The topological polar surface area (TPSA) is 113 Å². The lowest BCUT2D eigenvalue weighted by Crippen LogP contribution is -2.36. The van der Waals surface area contributed by atoms with Gasteiger partial charge in [0.2, 0.25) is 15.9 Å². The van der Waals surface area contributed by atoms with Crippen LogP contribution in [0.25, 0.3) is 0 Å². The second kappa shape index (κ2) is 7.76. The molecule has 0 aliphatic carbocycles. The van der Waals surface area contributed by atoms with E-state index in [4.69, 9.17) is 5.11 Å². The highest BCUT2D eigenvalue weighted by molar-refractivity contribution is 7.89. The van der Waals surface area contributed by atoms with Gasteiger partial charge in [-0.05, 0) is 35.6 Å². The summed E-state index contributed by atoms with van der Waals surface area (Å²) in [4.78, 5) is 22.0. The number of carbonyl (C=O) groups is 2. The molecule has 1 unspecified atom stereocenters. The minimum atomic E-state index is -3.75. The molecule has 0 aromatic heterocycles. The summed E-state index contributed by atoms with van der Waals surface area (Å²) in [7, 11) is -3.75. The summed E-state index contributed by atoms with van der Waals surface area (Å²) < 4.78 is 27.1. The first-order valence-corrected chi connectivity index (χ1v) is 8.99. The Hall–Kier alpha value is -1.93. The van der Waals surface area contributed by atoms with E-state index in [0.717, 1.165) is 0 Å². The number of carboxylic acid groups (broad SMARTS) is 1. The lowest BCUT2D eigenvalue weighted by Gasteiger charge is -2.29. The first-order valence-electron chi connectivity index (χ1n) is 7.51. The Bertz CT molecular complexity index is 690. The molecule has 0 heterocycles. The minimum Gasteiger partial charge on any atom is -0.481 e. The van der Waals surface area contributed by atoms with Crippen molar-refractivity contribution in [2.24, 2.45) is 11.3 Å². The summed E-state index contributed by atoms with van der Waals surface area (Å²) in [6.45, 7) is 7.01. The smallest absolute Gasteiger partial charge is 0.303 e. The van der Waals surface area contributed by atoms with Gasteiger partial charge in [-0.15, -0.1) is 0 Å². The number of nitrogens with one attached hydrogen (secondary N) is 2. The monoisotopic (exact) mass is 356 g/mol. The van der Waals surface area contributed by atoms with E-state index < -0.39 is 16.0 Å². The summed E-state index contributed by atoms with van der Waals surface area (Å²) in [6, 6.07) is 5.76. The highest BCUT2D eigenvalue weighted by Crippen LogP contribution is 2.28. The maximum atomic E-state index is 12.3. The normalized spacial score (nSPS) is 13.3. The molecule has 3 N–H and O–H groups in total. The van der Waals surface area contributed by atoms with Crippen LogP contribution in [0.4, 0.5) is 5.69 Å². The molecule has 1 rings (SSSR count). The number of benzene rings is 1. The average molecular weight is 356 g/mol. The van der Waals surface area contributed by atoms with E-state index in [0.29, 0.717) is 5.69 Å². The van der Waals surface area contributed by atoms with Gasteiger partial charge in [0.25, 0.3) is 0 Å². The second-order valence-electron chi connectivity index (χ2n) is 6.72. The Morgan fingerprint density at radius 1 is 1.17 bits per heavy atom. The first-order chi connectivity index (χ1) is 10.9. The zero-order chi connectivity index (χ0) is 18.5. The minimum absolute atomic E-state index is 0.0333. The van der Waals surface area contributed by atoms with Crippen LogP contribution in [0.5, 0.6) is 0 Å². The van der Waals surface area contributed by atoms with Gasteiger partial charge in [-0.3, -0.25) is 9.59 Å². The molecular weight excluding hydrogens is 332 g/mol. The van der Waals surface area contributed by atoms with Crippen LogP contribution < -0.4 is 10.0 Å². The van der Waals surface area contributed by atoms with Crippen LogP contribution in [0.1, 0.15) is 34.1 Å². The van der Waals surface area contributed by atoms with Crippen molar-refractivity contribution in [2.45, 2.75) is 39.0 Å². The van der Waals surface area contributed by atoms with Crippen molar-refractivity contribution in [3.63, 3.8) is 0 Å². The number of amides is 1. The van der Waals surface area contributed by atoms with E-state index in [-0.39, 0.29) is 35.1 Å². The van der Waals surface area contributed by atoms with Crippen LogP contribution in [0.2, 0.25) is 0 Å². The van der Waals surface area contributed by atoms with Crippen molar-refractivity contribution in [2.75, 3.05) is 11.9 Å². The van der Waals surface area contributed by atoms with E-state index in [2.05, 4.69) is 10.0 Å². The van der Waals surface area contributed by atoms with Crippen LogP contribution in [0.3, 0.4) is 0 Å². The zero-order valence-electron chi connectivity index (χ0n) is 14.3. The molecule has 1 aromatic carbocycles. The number of rotatable bonds is 7. The van der Waals surface area contributed by atoms with Crippen molar-refractivity contribution in [1.82, 2.24) is 4.72 Å². The fourth-order valence-corrected chi connectivity index (χ4v) is 3.19. The molecule has 0 radical (unpaired) electrons. The van der Waals surface area contributed by atoms with Gasteiger partial charge in [0.05, 0.1) is 4.90 Å². The van der Waals surface area contributed by atoms with E-state index in [1.54, 1.807) is 0 Å². The predicted molar refractivity (Wildman–Crippen MR) is 91.1 cm³/mol. The molecule has 24 heavy (non-hydrogen) atoms. The van der Waals surface area contributed by atoms with E-state index >= 15 is 0 Å². The summed E-state index contributed by atoms with van der Waals surface area (Å²) in [5.41, 5.74) is 0.149. The third kappa shape index (κ3) is 6.29. The zero-order valence-corrected chi connectivity index (χ0v) is 15.1. The number of aliphatic carboxylic acids is 1. The Morgan fingerprint density at radius 2 is 1.71 bits per heavy atom. The molecule has 0 aliphatic rings. The SMILES string of the molecule is CC(=O)Nc1ccc(S(=O)(=O)NCC(CC(=O)O)C(C)(C)C)cc1. The van der Waals surface area contributed by atoms with Crippen molar-refractivity contribution >= 4 is 27.6 Å². The second-order valence-corrected chi connectivity index (χ2v) is 8.49. The van der Waals surface area contributed by atoms with Gasteiger partial charge >= 0.3 is 5.97 Å². The van der Waals surface area contributed by atoms with Crippen molar-refractivity contribution < 1.29 is 23.1 Å². The van der Waals surface area contributed by atoms with Gasteiger partial charge in [0.1, 0.15) is 0 Å². The van der Waals surface area contributed by atoms with Crippen LogP contribution in [-0.4, -0.2) is 31.9 Å². The molecule has 0 saturated carbocycles. The van der Waals surface area contributed by atoms with Crippen molar-refractivity contribution in [3.05, 3.63) is 24.3 Å². The summed E-state index contributed by atoms with van der Waals surface area (Å²) in [6.07, 6.45) is -0.118. The number of carboxylic acids is 1. The van der Waals surface area contributed by atoms with Gasteiger partial charge in [-0.1, -0.05) is 20.8 Å². The fourth-order valence-electron chi connectivity index (χ4n) is 2.11. The molecule has 1 amide bonds. The molecule has 1 aromatic rings. The van der Waals surface area contributed by atoms with Gasteiger partial charge in [0.15, 0.2) is 0 Å². The number of hydrogen-bond acceptors (Lipinski definition) is 4. The van der Waals surface area contributed by atoms with Crippen molar-refractivity contribution in [1.29, 1.82) is 0 Å². The van der Waals surface area contributed by atoms with Gasteiger partial charge in [-0.2, -0.15) is 0 Å². The molecule has 1 atom stereocenters. The van der Waals surface area contributed by atoms with Crippen LogP contribution in [0.15, 0.2) is 29.2 Å². The molecule has 0 aliphatic heterocycles. The largest absolute Gasteiger partial charge is 0.481 e. The molecule has 0 fully saturated rings. The Kier molecular flexibility index (Phi) is 6.50. The van der Waals surface area contributed by atoms with Gasteiger partial charge < -0.3 is 10.4 Å². The van der Waals surface area contributed by atoms with Crippen molar-refractivity contribution in [3.8, 4) is 0 Å². The molecule has 0 saturated heterocycles. The lowest BCUT2D eigenvalue weighted by molar-refractivity contribution is -0.139. The Morgan fingerprint density at radius 3 is 2.12 bits per heavy atom. The molecule has 0 bridgehead atoms. The fraction of sp³-hybridized carbons (Fsp3) is 0.500. The molecule has 8 heteroatoms. The molecular formula is C16H24N2O5S. The third-order valence-corrected chi connectivity index (χ3v) is 5.09. The van der Waals surface area contributed by atoms with E-state index in [1.807, 2.05) is 20.8 Å². The maximum absolute atomic E-state index is 12.3. The Labute approximate surface area is 142 Å². The number of anilines is 1. The van der Waals surface area contributed by atoms with Gasteiger partial charge in [0, 0.05) is 25.6 Å². The summed E-state index contributed by atoms with van der Waals surface area (Å²) in [5, 5.41) is 11.5. The first kappa shape index (κ1) is 20.1. The van der Waals surface area contributed by atoms with Crippen LogP contribution in [0, 0.1) is 11.3 Å². The third-order valence-electron chi connectivity index (χ3n) is 3.65. The van der Waals surface area contributed by atoms with E-state index in [9.17, 15) is 18.0 Å². The lowest BCUT2D eigenvalue weighted by atomic mass is 9.79. The quantitative estimate of drug-likeness (QED) is 0.692. The highest BCUT2D eigenvalue weighted by atomic mass is 32.2. The number of hydrogen-bond donors (Lipinski definition) is 3. The van der Waals surface area contributed by atoms with Crippen LogP contribution in [-0.2, 0) is 19.6 Å². The molecule has 0 spiro atoms. The average Bonchev–Trinajstić information content (AvgIpc) is 2.42. The predicted octanol–water partition coefficient (Wildman–Crippen LogP) is 2.06. The number of carbonyl (C=O) groups excluding carboxylic acids is 1. The summed E-state index contributed by atoms with van der Waals surface area (Å²) in [5.74, 6) is -1.55. The summed E-state index contributed by atoms with van der Waals surface area (Å²) >= 11 is 0. The maximum Gasteiger partial charge on any atom is 0.303 e. The molecule has 134 valence electrons. The van der Waals surface area contributed by atoms with Crippen LogP contribution >= 0.6 is 0 Å². The van der Waals surface area contributed by atoms with Gasteiger partial charge in [-0.25, -0.2) is 13.1 Å². The highest BCUT2D eigenvalue weighted by Gasteiger charge is 2.28. The van der Waals surface area contributed by atoms with E-state index in [1.165, 1.54) is 31.2 Å². The number of sulfonamides is 1. The molecule has 7 nitrogen and oxygen atoms in total. The standard InChI is InChI=1S/C16H24N2O5S/c1-11(19)18-13-5-7-14(8-6-13)24(22,23)17-10-12(9-15(20)21)16(2,3)4/h5-8,12,17H,9-10H2,1-4H3,(H,18,19)(H,20,21). The Balaban J connectivity index is 2.84.